The van der Waals surface area contributed by atoms with Crippen molar-refractivity contribution in [2.24, 2.45) is 0 Å². The summed E-state index contributed by atoms with van der Waals surface area (Å²) in [5.74, 6) is 0. The van der Waals surface area contributed by atoms with E-state index in [1.54, 1.807) is 0 Å². The number of unbranched alkanes of at least 4 members (excludes halogenated alkanes) is 9. The molecular weight excluding hydrogens is 380 g/mol. The van der Waals surface area contributed by atoms with Crippen molar-refractivity contribution in [3.63, 3.8) is 0 Å². The van der Waals surface area contributed by atoms with Gasteiger partial charge in [-0.1, -0.05) is 79.6 Å². The van der Waals surface area contributed by atoms with Crippen LogP contribution in [0.1, 0.15) is 106 Å². The van der Waals surface area contributed by atoms with Crippen LogP contribution in [0, 0.1) is 0 Å². The summed E-state index contributed by atoms with van der Waals surface area (Å²) < 4.78 is 23.0. The van der Waals surface area contributed by atoms with Crippen molar-refractivity contribution >= 4 is 8.56 Å². The van der Waals surface area contributed by atoms with Gasteiger partial charge in [-0.2, -0.15) is 0 Å². The summed E-state index contributed by atoms with van der Waals surface area (Å²) in [6.07, 6.45) is 14.7. The van der Waals surface area contributed by atoms with E-state index in [2.05, 4.69) is 13.5 Å². The molecule has 0 rings (SSSR count). The maximum Gasteiger partial charge on any atom is 0.334 e. The number of ether oxygens (including phenoxy) is 2. The molecule has 180 valence electrons. The molecule has 0 aromatic heterocycles. The van der Waals surface area contributed by atoms with E-state index >= 15 is 0 Å². The lowest BCUT2D eigenvalue weighted by Gasteiger charge is -2.25. The Morgan fingerprint density at radius 1 is 0.517 bits per heavy atom. The second-order valence-electron chi connectivity index (χ2n) is 7.51. The quantitative estimate of drug-likeness (QED) is 0.128. The summed E-state index contributed by atoms with van der Waals surface area (Å²) >= 11 is 0. The maximum absolute atomic E-state index is 5.84. The molecule has 0 aliphatic carbocycles. The zero-order valence-corrected chi connectivity index (χ0v) is 19.9. The van der Waals surface area contributed by atoms with Gasteiger partial charge in [-0.15, -0.1) is 0 Å². The minimum Gasteiger partial charge on any atom is -0.395 e. The highest BCUT2D eigenvalue weighted by molar-refractivity contribution is 6.66. The van der Waals surface area contributed by atoms with Crippen molar-refractivity contribution in [3.05, 3.63) is 0 Å². The molecule has 0 saturated carbocycles. The van der Waals surface area contributed by atoms with Gasteiger partial charge < -0.3 is 18.3 Å². The van der Waals surface area contributed by atoms with Gasteiger partial charge in [-0.3, -0.25) is 0 Å². The predicted molar refractivity (Wildman–Crippen MR) is 131 cm³/mol. The van der Waals surface area contributed by atoms with Gasteiger partial charge in [0.15, 0.2) is 0 Å². The topological polar surface area (TPSA) is 36.9 Å². The lowest BCUT2D eigenvalue weighted by molar-refractivity contribution is 0.0456. The van der Waals surface area contributed by atoms with Crippen LogP contribution in [0.2, 0.25) is 12.6 Å². The molecule has 0 bridgehead atoms. The van der Waals surface area contributed by atoms with Crippen LogP contribution >= 0.6 is 0 Å². The molecule has 0 aliphatic rings. The maximum atomic E-state index is 5.84. The molecule has 4 nitrogen and oxygen atoms in total. The third-order valence-electron chi connectivity index (χ3n) is 4.83. The molecule has 0 fully saturated rings. The molecule has 29 heavy (non-hydrogen) atoms. The Balaban J connectivity index is -0.00000338. The molecule has 0 heterocycles. The lowest BCUT2D eigenvalue weighted by atomic mass is 10.1. The highest BCUT2D eigenvalue weighted by Crippen LogP contribution is 2.16. The molecule has 0 aromatic carbocycles. The largest absolute Gasteiger partial charge is 0.395 e. The molecule has 0 radical (unpaired) electrons. The lowest BCUT2D eigenvalue weighted by Crippen LogP contribution is -2.38. The Bertz CT molecular complexity index is 284. The number of hydrogen-bond acceptors (Lipinski definition) is 4. The van der Waals surface area contributed by atoms with Gasteiger partial charge in [-0.05, 0) is 39.3 Å². The first kappa shape index (κ1) is 33.7. The molecule has 0 N–H and O–H groups in total. The fourth-order valence-electron chi connectivity index (χ4n) is 3.31. The van der Waals surface area contributed by atoms with Crippen molar-refractivity contribution in [1.82, 2.24) is 0 Å². The van der Waals surface area contributed by atoms with Crippen LogP contribution in [0.4, 0.5) is 0 Å². The van der Waals surface area contributed by atoms with Crippen LogP contribution in [0.15, 0.2) is 0 Å². The molecule has 0 amide bonds. The summed E-state index contributed by atoms with van der Waals surface area (Å²) in [7, 11) is -1.97. The summed E-state index contributed by atoms with van der Waals surface area (Å²) in [6.45, 7) is 13.0. The van der Waals surface area contributed by atoms with E-state index in [9.17, 15) is 0 Å². The second kappa shape index (κ2) is 26.1. The molecular formula is C24H56O4Si. The molecule has 0 unspecified atom stereocenters. The standard InChI is InChI=1S/C22H48O4Si.2CH4/c1-5-8-9-10-11-12-13-14-15-16-18-23-20-21-24-19-17-22-27(4,25-6-2)26-7-3;;/h5-22H2,1-4H3;2*1H4. The minimum absolute atomic E-state index is 0. The average molecular weight is 437 g/mol. The first-order valence-corrected chi connectivity index (χ1v) is 14.1. The third kappa shape index (κ3) is 24.2. The Hall–Kier alpha value is 0.0569. The van der Waals surface area contributed by atoms with E-state index in [1.807, 2.05) is 13.8 Å². The van der Waals surface area contributed by atoms with E-state index in [0.717, 1.165) is 38.9 Å². The number of rotatable bonds is 22. The van der Waals surface area contributed by atoms with Crippen molar-refractivity contribution in [2.75, 3.05) is 39.6 Å². The smallest absolute Gasteiger partial charge is 0.334 e. The second-order valence-corrected chi connectivity index (χ2v) is 10.9. The van der Waals surface area contributed by atoms with Crippen LogP contribution in [0.5, 0.6) is 0 Å². The van der Waals surface area contributed by atoms with Crippen molar-refractivity contribution in [3.8, 4) is 0 Å². The minimum atomic E-state index is -1.97. The van der Waals surface area contributed by atoms with Crippen LogP contribution in [-0.4, -0.2) is 48.2 Å². The fourth-order valence-corrected chi connectivity index (χ4v) is 5.69. The monoisotopic (exact) mass is 436 g/mol. The van der Waals surface area contributed by atoms with E-state index in [-0.39, 0.29) is 14.9 Å². The summed E-state index contributed by atoms with van der Waals surface area (Å²) in [5.41, 5.74) is 0. The van der Waals surface area contributed by atoms with Crippen LogP contribution in [-0.2, 0) is 18.3 Å². The molecule has 0 saturated heterocycles. The Morgan fingerprint density at radius 2 is 0.931 bits per heavy atom. The number of hydrogen-bond donors (Lipinski definition) is 0. The van der Waals surface area contributed by atoms with Gasteiger partial charge in [0.25, 0.3) is 0 Å². The SMILES string of the molecule is C.C.CCCCCCCCCCCCOCCOCCC[Si](C)(OCC)OCC. The van der Waals surface area contributed by atoms with Crippen molar-refractivity contribution in [2.45, 2.75) is 119 Å². The first-order valence-electron chi connectivity index (χ1n) is 11.6. The predicted octanol–water partition coefficient (Wildman–Crippen LogP) is 7.75. The summed E-state index contributed by atoms with van der Waals surface area (Å²) in [4.78, 5) is 0. The van der Waals surface area contributed by atoms with Gasteiger partial charge in [0, 0.05) is 26.4 Å². The zero-order valence-electron chi connectivity index (χ0n) is 18.9. The Labute approximate surface area is 185 Å². The van der Waals surface area contributed by atoms with Gasteiger partial charge in [0.2, 0.25) is 0 Å². The first-order chi connectivity index (χ1) is 13.2. The van der Waals surface area contributed by atoms with Gasteiger partial charge >= 0.3 is 8.56 Å². The van der Waals surface area contributed by atoms with Crippen LogP contribution in [0.3, 0.4) is 0 Å². The Kier molecular flexibility index (Phi) is 30.3. The Morgan fingerprint density at radius 3 is 1.38 bits per heavy atom. The molecule has 0 aromatic rings. The van der Waals surface area contributed by atoms with Gasteiger partial charge in [-0.25, -0.2) is 0 Å². The van der Waals surface area contributed by atoms with E-state index in [0.29, 0.717) is 13.2 Å². The highest BCUT2D eigenvalue weighted by atomic mass is 28.4. The average Bonchev–Trinajstić information content (AvgIpc) is 2.64. The van der Waals surface area contributed by atoms with E-state index in [1.165, 1.54) is 64.2 Å². The van der Waals surface area contributed by atoms with Gasteiger partial charge in [0.05, 0.1) is 13.2 Å². The van der Waals surface area contributed by atoms with Crippen LogP contribution in [0.25, 0.3) is 0 Å². The zero-order chi connectivity index (χ0) is 20.1. The van der Waals surface area contributed by atoms with E-state index < -0.39 is 8.56 Å². The van der Waals surface area contributed by atoms with Crippen LogP contribution < -0.4 is 0 Å². The normalized spacial score (nSPS) is 11.2. The van der Waals surface area contributed by atoms with Crippen molar-refractivity contribution < 1.29 is 18.3 Å². The van der Waals surface area contributed by atoms with Crippen molar-refractivity contribution in [1.29, 1.82) is 0 Å². The molecule has 5 heteroatoms. The summed E-state index contributed by atoms with van der Waals surface area (Å²) in [6, 6.07) is 0.994. The highest BCUT2D eigenvalue weighted by Gasteiger charge is 2.29. The summed E-state index contributed by atoms with van der Waals surface area (Å²) in [5, 5.41) is 0. The molecule has 0 atom stereocenters. The molecule has 0 aliphatic heterocycles. The van der Waals surface area contributed by atoms with Gasteiger partial charge in [0.1, 0.15) is 0 Å². The third-order valence-corrected chi connectivity index (χ3v) is 7.89. The molecule has 0 spiro atoms. The van der Waals surface area contributed by atoms with E-state index in [4.69, 9.17) is 18.3 Å². The fraction of sp³-hybridized carbons (Fsp3) is 1.00.